The van der Waals surface area contributed by atoms with Crippen molar-refractivity contribution in [2.24, 2.45) is 0 Å². The van der Waals surface area contributed by atoms with Crippen molar-refractivity contribution in [2.45, 2.75) is 25.9 Å². The van der Waals surface area contributed by atoms with Gasteiger partial charge in [0, 0.05) is 12.0 Å². The van der Waals surface area contributed by atoms with Crippen molar-refractivity contribution in [3.8, 4) is 0 Å². The summed E-state index contributed by atoms with van der Waals surface area (Å²) >= 11 is 0. The number of esters is 1. The monoisotopic (exact) mass is 380 g/mol. The Kier molecular flexibility index (Phi) is 5.84. The quantitative estimate of drug-likeness (QED) is 0.614. The fourth-order valence-corrected chi connectivity index (χ4v) is 2.94. The smallest absolute Gasteiger partial charge is 0.307 e. The molecule has 1 aliphatic heterocycles. The molecule has 0 spiro atoms. The molecule has 0 unspecified atom stereocenters. The number of nitrogens with zero attached hydrogens (tertiary/aromatic N) is 1. The zero-order chi connectivity index (χ0) is 20.1. The summed E-state index contributed by atoms with van der Waals surface area (Å²) in [6, 6.07) is 15.6. The first-order valence-electron chi connectivity index (χ1n) is 8.93. The van der Waals surface area contributed by atoms with E-state index in [-0.39, 0.29) is 31.1 Å². The standard InChI is InChI=1S/C21H20N2O5/c1-14(28-20(26)12-11-18(24)15-7-3-2-4-8-15)21(27)23-13-19(25)22-16-9-5-6-10-17(16)23/h2-10,14H,11-13H2,1H3,(H,22,25)/t14-/m1/s1. The molecule has 3 rings (SSSR count). The number of rotatable bonds is 6. The van der Waals surface area contributed by atoms with Gasteiger partial charge in [0.25, 0.3) is 5.91 Å². The van der Waals surface area contributed by atoms with Crippen LogP contribution >= 0.6 is 0 Å². The van der Waals surface area contributed by atoms with Gasteiger partial charge >= 0.3 is 5.97 Å². The molecule has 0 saturated heterocycles. The number of para-hydroxylation sites is 2. The summed E-state index contributed by atoms with van der Waals surface area (Å²) in [5.74, 6) is -1.62. The predicted molar refractivity (Wildman–Crippen MR) is 103 cm³/mol. The van der Waals surface area contributed by atoms with Gasteiger partial charge in [-0.25, -0.2) is 0 Å². The first kappa shape index (κ1) is 19.3. The van der Waals surface area contributed by atoms with Crippen molar-refractivity contribution >= 4 is 34.9 Å². The summed E-state index contributed by atoms with van der Waals surface area (Å²) in [5.41, 5.74) is 1.60. The van der Waals surface area contributed by atoms with Crippen molar-refractivity contribution in [1.82, 2.24) is 0 Å². The highest BCUT2D eigenvalue weighted by Gasteiger charge is 2.31. The van der Waals surface area contributed by atoms with Crippen LogP contribution in [0.15, 0.2) is 54.6 Å². The number of Topliss-reactive ketones (excluding diaryl/α,β-unsaturated/α-hetero) is 1. The maximum Gasteiger partial charge on any atom is 0.307 e. The van der Waals surface area contributed by atoms with E-state index < -0.39 is 18.0 Å². The molecular weight excluding hydrogens is 360 g/mol. The Morgan fingerprint density at radius 1 is 1.04 bits per heavy atom. The number of hydrogen-bond donors (Lipinski definition) is 1. The van der Waals surface area contributed by atoms with Gasteiger partial charge in [-0.15, -0.1) is 0 Å². The van der Waals surface area contributed by atoms with Crippen molar-refractivity contribution in [2.75, 3.05) is 16.8 Å². The molecule has 1 N–H and O–H groups in total. The lowest BCUT2D eigenvalue weighted by atomic mass is 10.1. The molecule has 0 fully saturated rings. The van der Waals surface area contributed by atoms with Gasteiger partial charge in [0.2, 0.25) is 5.91 Å². The van der Waals surface area contributed by atoms with Crippen LogP contribution in [0.25, 0.3) is 0 Å². The van der Waals surface area contributed by atoms with Gasteiger partial charge in [-0.3, -0.25) is 24.1 Å². The Hall–Kier alpha value is -3.48. The number of hydrogen-bond acceptors (Lipinski definition) is 5. The van der Waals surface area contributed by atoms with Gasteiger partial charge in [-0.1, -0.05) is 42.5 Å². The van der Waals surface area contributed by atoms with E-state index in [1.165, 1.54) is 11.8 Å². The molecule has 2 aromatic carbocycles. The molecule has 2 amide bonds. The second-order valence-corrected chi connectivity index (χ2v) is 6.41. The molecule has 28 heavy (non-hydrogen) atoms. The van der Waals surface area contributed by atoms with Gasteiger partial charge in [-0.2, -0.15) is 0 Å². The molecule has 1 aliphatic rings. The van der Waals surface area contributed by atoms with Gasteiger partial charge in [0.05, 0.1) is 17.8 Å². The number of ether oxygens (including phenoxy) is 1. The van der Waals surface area contributed by atoms with E-state index >= 15 is 0 Å². The van der Waals surface area contributed by atoms with Gasteiger partial charge in [-0.05, 0) is 19.1 Å². The van der Waals surface area contributed by atoms with Crippen molar-refractivity contribution < 1.29 is 23.9 Å². The second-order valence-electron chi connectivity index (χ2n) is 6.41. The van der Waals surface area contributed by atoms with Crippen LogP contribution in [0.3, 0.4) is 0 Å². The third kappa shape index (κ3) is 4.43. The second kappa shape index (κ2) is 8.47. The first-order valence-corrected chi connectivity index (χ1v) is 8.93. The maximum atomic E-state index is 12.7. The van der Waals surface area contributed by atoms with E-state index in [0.29, 0.717) is 16.9 Å². The Labute approximate surface area is 162 Å². The molecule has 0 saturated carbocycles. The van der Waals surface area contributed by atoms with Crippen LogP contribution in [0.5, 0.6) is 0 Å². The molecule has 1 heterocycles. The fraction of sp³-hybridized carbons (Fsp3) is 0.238. The average Bonchev–Trinajstić information content (AvgIpc) is 2.71. The largest absolute Gasteiger partial charge is 0.453 e. The summed E-state index contributed by atoms with van der Waals surface area (Å²) in [7, 11) is 0. The Morgan fingerprint density at radius 2 is 1.71 bits per heavy atom. The van der Waals surface area contributed by atoms with Crippen molar-refractivity contribution in [3.63, 3.8) is 0 Å². The van der Waals surface area contributed by atoms with E-state index in [9.17, 15) is 19.2 Å². The number of benzene rings is 2. The van der Waals surface area contributed by atoms with Crippen LogP contribution in [-0.4, -0.2) is 36.2 Å². The van der Waals surface area contributed by atoms with E-state index in [2.05, 4.69) is 5.32 Å². The average molecular weight is 380 g/mol. The normalized spacial score (nSPS) is 13.9. The number of ketones is 1. The number of fused-ring (bicyclic) bond motifs is 1. The van der Waals surface area contributed by atoms with E-state index in [1.54, 1.807) is 54.6 Å². The minimum Gasteiger partial charge on any atom is -0.453 e. The number of carbonyl (C=O) groups is 4. The molecule has 1 atom stereocenters. The lowest BCUT2D eigenvalue weighted by Gasteiger charge is -2.30. The topological polar surface area (TPSA) is 92.8 Å². The summed E-state index contributed by atoms with van der Waals surface area (Å²) in [5, 5.41) is 2.69. The number of nitrogens with one attached hydrogen (secondary N) is 1. The zero-order valence-corrected chi connectivity index (χ0v) is 15.4. The Balaban J connectivity index is 1.58. The van der Waals surface area contributed by atoms with Crippen LogP contribution in [0.4, 0.5) is 11.4 Å². The van der Waals surface area contributed by atoms with Gasteiger partial charge < -0.3 is 10.1 Å². The molecular formula is C21H20N2O5. The van der Waals surface area contributed by atoms with E-state index in [4.69, 9.17) is 4.74 Å². The number of anilines is 2. The Morgan fingerprint density at radius 3 is 2.46 bits per heavy atom. The maximum absolute atomic E-state index is 12.7. The van der Waals surface area contributed by atoms with E-state index in [1.807, 2.05) is 0 Å². The lowest BCUT2D eigenvalue weighted by molar-refractivity contribution is -0.153. The molecule has 2 aromatic rings. The minimum absolute atomic E-state index is 0.00128. The predicted octanol–water partition coefficient (Wildman–Crippen LogP) is 2.57. The van der Waals surface area contributed by atoms with Crippen LogP contribution in [0.1, 0.15) is 30.1 Å². The highest BCUT2D eigenvalue weighted by Crippen LogP contribution is 2.29. The van der Waals surface area contributed by atoms with Crippen LogP contribution in [-0.2, 0) is 19.1 Å². The van der Waals surface area contributed by atoms with E-state index in [0.717, 1.165) is 0 Å². The summed E-state index contributed by atoms with van der Waals surface area (Å²) in [6.45, 7) is 1.30. The molecule has 0 aromatic heterocycles. The fourth-order valence-electron chi connectivity index (χ4n) is 2.94. The highest BCUT2D eigenvalue weighted by atomic mass is 16.5. The molecule has 144 valence electrons. The van der Waals surface area contributed by atoms with Gasteiger partial charge in [0.1, 0.15) is 6.54 Å². The van der Waals surface area contributed by atoms with Crippen LogP contribution in [0.2, 0.25) is 0 Å². The molecule has 0 aliphatic carbocycles. The molecule has 0 radical (unpaired) electrons. The molecule has 7 nitrogen and oxygen atoms in total. The third-order valence-electron chi connectivity index (χ3n) is 4.34. The van der Waals surface area contributed by atoms with Crippen LogP contribution in [0, 0.1) is 0 Å². The molecule has 7 heteroatoms. The van der Waals surface area contributed by atoms with Gasteiger partial charge in [0.15, 0.2) is 11.9 Å². The van der Waals surface area contributed by atoms with Crippen molar-refractivity contribution in [3.05, 3.63) is 60.2 Å². The Bertz CT molecular complexity index is 910. The highest BCUT2D eigenvalue weighted by molar-refractivity contribution is 6.11. The summed E-state index contributed by atoms with van der Waals surface area (Å²) in [6.07, 6.45) is -1.19. The zero-order valence-electron chi connectivity index (χ0n) is 15.4. The summed E-state index contributed by atoms with van der Waals surface area (Å²) < 4.78 is 5.19. The van der Waals surface area contributed by atoms with Crippen molar-refractivity contribution in [1.29, 1.82) is 0 Å². The number of carbonyl (C=O) groups excluding carboxylic acids is 4. The summed E-state index contributed by atoms with van der Waals surface area (Å²) in [4.78, 5) is 50.0. The lowest BCUT2D eigenvalue weighted by Crippen LogP contribution is -2.47. The van der Waals surface area contributed by atoms with Crippen LogP contribution < -0.4 is 10.2 Å². The SMILES string of the molecule is C[C@@H](OC(=O)CCC(=O)c1ccccc1)C(=O)N1CC(=O)Nc2ccccc21. The molecule has 0 bridgehead atoms. The minimum atomic E-state index is -1.07. The number of amides is 2. The first-order chi connectivity index (χ1) is 13.5. The third-order valence-corrected chi connectivity index (χ3v) is 4.34.